The van der Waals surface area contributed by atoms with Crippen molar-refractivity contribution in [2.75, 3.05) is 6.54 Å². The normalized spacial score (nSPS) is 19.3. The summed E-state index contributed by atoms with van der Waals surface area (Å²) in [5, 5.41) is 6.08. The van der Waals surface area contributed by atoms with Crippen molar-refractivity contribution in [3.05, 3.63) is 40.2 Å². The number of hydrogen-bond acceptors (Lipinski definition) is 3. The minimum absolute atomic E-state index is 0.232. The Morgan fingerprint density at radius 1 is 1.33 bits per heavy atom. The van der Waals surface area contributed by atoms with Gasteiger partial charge in [-0.15, -0.1) is 11.3 Å². The van der Waals surface area contributed by atoms with Gasteiger partial charge in [-0.3, -0.25) is 0 Å². The maximum atomic E-state index is 13.6. The smallest absolute Gasteiger partial charge is 0.168 e. The van der Waals surface area contributed by atoms with Crippen LogP contribution in [0.25, 0.3) is 11.3 Å². The molecule has 1 aliphatic rings. The van der Waals surface area contributed by atoms with Gasteiger partial charge < -0.3 is 5.32 Å². The number of rotatable bonds is 2. The number of benzene rings is 1. The summed E-state index contributed by atoms with van der Waals surface area (Å²) in [5.41, 5.74) is 0.746. The van der Waals surface area contributed by atoms with Crippen LogP contribution in [0.15, 0.2) is 23.6 Å². The Kier molecular flexibility index (Phi) is 3.09. The third-order valence-corrected chi connectivity index (χ3v) is 4.07. The minimum Gasteiger partial charge on any atom is -0.308 e. The molecule has 0 saturated carbocycles. The first-order valence-electron chi connectivity index (χ1n) is 5.89. The van der Waals surface area contributed by atoms with Crippen molar-refractivity contribution >= 4 is 11.3 Å². The van der Waals surface area contributed by atoms with Crippen molar-refractivity contribution in [2.45, 2.75) is 18.9 Å². The van der Waals surface area contributed by atoms with Gasteiger partial charge in [0.15, 0.2) is 11.6 Å². The Balaban J connectivity index is 1.95. The fourth-order valence-corrected chi connectivity index (χ4v) is 3.10. The first-order valence-corrected chi connectivity index (χ1v) is 6.77. The van der Waals surface area contributed by atoms with E-state index in [0.717, 1.165) is 30.5 Å². The lowest BCUT2D eigenvalue weighted by Crippen LogP contribution is -2.12. The molecule has 1 unspecified atom stereocenters. The molecule has 1 saturated heterocycles. The summed E-state index contributed by atoms with van der Waals surface area (Å²) in [6, 6.07) is 4.44. The molecule has 94 valence electrons. The molecule has 1 aromatic heterocycles. The van der Waals surface area contributed by atoms with Gasteiger partial charge in [-0.1, -0.05) is 6.07 Å². The summed E-state index contributed by atoms with van der Waals surface area (Å²) in [4.78, 5) is 4.41. The largest absolute Gasteiger partial charge is 0.308 e. The number of thiazole rings is 1. The van der Waals surface area contributed by atoms with Crippen molar-refractivity contribution < 1.29 is 8.78 Å². The van der Waals surface area contributed by atoms with Gasteiger partial charge in [0.2, 0.25) is 0 Å². The zero-order valence-electron chi connectivity index (χ0n) is 9.62. The molecule has 3 rings (SSSR count). The molecule has 5 heteroatoms. The standard InChI is InChI=1S/C13H12F2N2S/c14-9-4-1-3-8(12(9)15)11-7-18-13(17-11)10-5-2-6-16-10/h1,3-4,7,10,16H,2,5-6H2. The predicted molar refractivity (Wildman–Crippen MR) is 67.4 cm³/mol. The van der Waals surface area contributed by atoms with E-state index < -0.39 is 11.6 Å². The first kappa shape index (κ1) is 11.7. The Bertz CT molecular complexity index is 562. The summed E-state index contributed by atoms with van der Waals surface area (Å²) < 4.78 is 26.8. The maximum Gasteiger partial charge on any atom is 0.168 e. The van der Waals surface area contributed by atoms with Crippen LogP contribution in [-0.4, -0.2) is 11.5 Å². The van der Waals surface area contributed by atoms with Crippen LogP contribution >= 0.6 is 11.3 Å². The van der Waals surface area contributed by atoms with Crippen molar-refractivity contribution in [2.24, 2.45) is 0 Å². The Morgan fingerprint density at radius 2 is 2.22 bits per heavy atom. The fraction of sp³-hybridized carbons (Fsp3) is 0.308. The van der Waals surface area contributed by atoms with Gasteiger partial charge in [0.05, 0.1) is 11.7 Å². The van der Waals surface area contributed by atoms with E-state index in [1.54, 1.807) is 11.4 Å². The summed E-state index contributed by atoms with van der Waals surface area (Å²) in [6.45, 7) is 0.994. The van der Waals surface area contributed by atoms with E-state index in [4.69, 9.17) is 0 Å². The van der Waals surface area contributed by atoms with Crippen LogP contribution in [0.4, 0.5) is 8.78 Å². The summed E-state index contributed by atoms with van der Waals surface area (Å²) >= 11 is 1.49. The second-order valence-electron chi connectivity index (χ2n) is 4.32. The molecule has 0 radical (unpaired) electrons. The van der Waals surface area contributed by atoms with Crippen LogP contribution in [0.1, 0.15) is 23.9 Å². The highest BCUT2D eigenvalue weighted by Gasteiger charge is 2.20. The number of hydrogen-bond donors (Lipinski definition) is 1. The van der Waals surface area contributed by atoms with E-state index in [-0.39, 0.29) is 11.6 Å². The number of halogens is 2. The van der Waals surface area contributed by atoms with Gasteiger partial charge >= 0.3 is 0 Å². The first-order chi connectivity index (χ1) is 8.75. The van der Waals surface area contributed by atoms with Gasteiger partial charge in [0.1, 0.15) is 5.01 Å². The molecule has 0 amide bonds. The van der Waals surface area contributed by atoms with Crippen molar-refractivity contribution in [1.82, 2.24) is 10.3 Å². The van der Waals surface area contributed by atoms with Crippen LogP contribution in [0.2, 0.25) is 0 Å². The Hall–Kier alpha value is -1.33. The van der Waals surface area contributed by atoms with Crippen LogP contribution in [0.3, 0.4) is 0 Å². The van der Waals surface area contributed by atoms with Crippen LogP contribution in [-0.2, 0) is 0 Å². The van der Waals surface area contributed by atoms with E-state index in [9.17, 15) is 8.78 Å². The summed E-state index contributed by atoms with van der Waals surface area (Å²) in [6.07, 6.45) is 2.19. The predicted octanol–water partition coefficient (Wildman–Crippen LogP) is 3.51. The second kappa shape index (κ2) is 4.74. The maximum absolute atomic E-state index is 13.6. The summed E-state index contributed by atoms with van der Waals surface area (Å²) in [7, 11) is 0. The van der Waals surface area contributed by atoms with E-state index in [1.165, 1.54) is 17.4 Å². The highest BCUT2D eigenvalue weighted by Crippen LogP contribution is 2.31. The third-order valence-electron chi connectivity index (χ3n) is 3.11. The second-order valence-corrected chi connectivity index (χ2v) is 5.21. The molecule has 1 atom stereocenters. The van der Waals surface area contributed by atoms with Crippen LogP contribution < -0.4 is 5.32 Å². The molecule has 2 aromatic rings. The van der Waals surface area contributed by atoms with E-state index in [1.807, 2.05) is 0 Å². The highest BCUT2D eigenvalue weighted by atomic mass is 32.1. The number of aromatic nitrogens is 1. The topological polar surface area (TPSA) is 24.9 Å². The molecular weight excluding hydrogens is 254 g/mol. The SMILES string of the molecule is Fc1cccc(-c2csc(C3CCCN3)n2)c1F. The average Bonchev–Trinajstić information content (AvgIpc) is 3.01. The zero-order valence-corrected chi connectivity index (χ0v) is 10.4. The van der Waals surface area contributed by atoms with Gasteiger partial charge in [-0.05, 0) is 31.5 Å². The fourth-order valence-electron chi connectivity index (χ4n) is 2.17. The molecule has 0 bridgehead atoms. The number of nitrogens with zero attached hydrogens (tertiary/aromatic N) is 1. The van der Waals surface area contributed by atoms with Crippen molar-refractivity contribution in [1.29, 1.82) is 0 Å². The Labute approximate surface area is 108 Å². The van der Waals surface area contributed by atoms with E-state index in [0.29, 0.717) is 5.69 Å². The molecule has 18 heavy (non-hydrogen) atoms. The van der Waals surface area contributed by atoms with E-state index >= 15 is 0 Å². The monoisotopic (exact) mass is 266 g/mol. The molecule has 0 spiro atoms. The Morgan fingerprint density at radius 3 is 3.00 bits per heavy atom. The molecule has 1 aromatic carbocycles. The quantitative estimate of drug-likeness (QED) is 0.899. The van der Waals surface area contributed by atoms with Gasteiger partial charge in [-0.2, -0.15) is 0 Å². The molecule has 0 aliphatic carbocycles. The zero-order chi connectivity index (χ0) is 12.5. The van der Waals surface area contributed by atoms with Crippen molar-refractivity contribution in [3.63, 3.8) is 0 Å². The number of nitrogens with one attached hydrogen (secondary N) is 1. The van der Waals surface area contributed by atoms with Gasteiger partial charge in [0, 0.05) is 10.9 Å². The minimum atomic E-state index is -0.832. The lowest BCUT2D eigenvalue weighted by Gasteiger charge is -2.04. The highest BCUT2D eigenvalue weighted by molar-refractivity contribution is 7.10. The molecule has 2 heterocycles. The third kappa shape index (κ3) is 2.04. The lowest BCUT2D eigenvalue weighted by atomic mass is 10.1. The molecule has 1 fully saturated rings. The van der Waals surface area contributed by atoms with Crippen LogP contribution in [0.5, 0.6) is 0 Å². The van der Waals surface area contributed by atoms with Gasteiger partial charge in [-0.25, -0.2) is 13.8 Å². The van der Waals surface area contributed by atoms with Crippen molar-refractivity contribution in [3.8, 4) is 11.3 Å². The van der Waals surface area contributed by atoms with Gasteiger partial charge in [0.25, 0.3) is 0 Å². The molecule has 2 nitrogen and oxygen atoms in total. The average molecular weight is 266 g/mol. The molecule has 1 N–H and O–H groups in total. The van der Waals surface area contributed by atoms with Crippen LogP contribution in [0, 0.1) is 11.6 Å². The summed E-state index contributed by atoms with van der Waals surface area (Å²) in [5.74, 6) is -1.66. The molecule has 1 aliphatic heterocycles. The van der Waals surface area contributed by atoms with E-state index in [2.05, 4.69) is 10.3 Å². The lowest BCUT2D eigenvalue weighted by molar-refractivity contribution is 0.511. The molecular formula is C13H12F2N2S.